The highest BCUT2D eigenvalue weighted by Crippen LogP contribution is 2.22. The van der Waals surface area contributed by atoms with Crippen molar-refractivity contribution in [2.24, 2.45) is 5.92 Å². The van der Waals surface area contributed by atoms with Crippen LogP contribution in [0, 0.1) is 5.92 Å². The van der Waals surface area contributed by atoms with Crippen molar-refractivity contribution in [2.45, 2.75) is 32.4 Å². The Balaban J connectivity index is 1.88. The van der Waals surface area contributed by atoms with E-state index in [1.807, 2.05) is 18.3 Å². The topological polar surface area (TPSA) is 23.5 Å². The molecule has 0 amide bonds. The fourth-order valence-corrected chi connectivity index (χ4v) is 3.00. The van der Waals surface area contributed by atoms with Crippen LogP contribution in [0.25, 0.3) is 0 Å². The summed E-state index contributed by atoms with van der Waals surface area (Å²) in [6.07, 6.45) is 2.25. The number of piperidine rings is 1. The van der Waals surface area contributed by atoms with Gasteiger partial charge in [0.25, 0.3) is 0 Å². The third kappa shape index (κ3) is 3.03. The zero-order chi connectivity index (χ0) is 10.7. The van der Waals surface area contributed by atoms with E-state index in [0.29, 0.717) is 5.92 Å². The third-order valence-electron chi connectivity index (χ3n) is 3.18. The second-order valence-corrected chi connectivity index (χ2v) is 5.49. The van der Waals surface area contributed by atoms with Crippen LogP contribution in [-0.4, -0.2) is 29.2 Å². The zero-order valence-electron chi connectivity index (χ0n) is 9.22. The standard InChI is InChI=1S/C12H19NOS/c1-10(14)11-4-2-6-13(8-11)9-12-5-3-7-15-12/h3,5,7,10-11,14H,2,4,6,8-9H2,1H3. The summed E-state index contributed by atoms with van der Waals surface area (Å²) in [7, 11) is 0. The van der Waals surface area contributed by atoms with Crippen LogP contribution >= 0.6 is 11.3 Å². The molecule has 1 aromatic rings. The zero-order valence-corrected chi connectivity index (χ0v) is 10.0. The Kier molecular flexibility index (Phi) is 3.78. The maximum Gasteiger partial charge on any atom is 0.0552 e. The second kappa shape index (κ2) is 5.10. The summed E-state index contributed by atoms with van der Waals surface area (Å²) in [5.41, 5.74) is 0. The maximum absolute atomic E-state index is 9.60. The molecule has 15 heavy (non-hydrogen) atoms. The molecule has 2 heterocycles. The molecule has 2 unspecified atom stereocenters. The van der Waals surface area contributed by atoms with E-state index in [1.54, 1.807) is 0 Å². The molecule has 1 aromatic heterocycles. The lowest BCUT2D eigenvalue weighted by molar-refractivity contribution is 0.0603. The summed E-state index contributed by atoms with van der Waals surface area (Å²) < 4.78 is 0. The van der Waals surface area contributed by atoms with E-state index in [0.717, 1.165) is 13.1 Å². The average molecular weight is 225 g/mol. The van der Waals surface area contributed by atoms with Crippen LogP contribution in [0.2, 0.25) is 0 Å². The monoisotopic (exact) mass is 225 g/mol. The number of rotatable bonds is 3. The fraction of sp³-hybridized carbons (Fsp3) is 0.667. The molecule has 0 aromatic carbocycles. The SMILES string of the molecule is CC(O)C1CCCN(Cc2cccs2)C1. The van der Waals surface area contributed by atoms with Crippen LogP contribution in [0.4, 0.5) is 0 Å². The summed E-state index contributed by atoms with van der Waals surface area (Å²) in [6, 6.07) is 4.30. The normalized spacial score (nSPS) is 25.3. The predicted octanol–water partition coefficient (Wildman–Crippen LogP) is 2.34. The molecule has 0 saturated carbocycles. The van der Waals surface area contributed by atoms with Crippen molar-refractivity contribution in [3.8, 4) is 0 Å². The Hall–Kier alpha value is -0.380. The minimum atomic E-state index is -0.156. The maximum atomic E-state index is 9.60. The van der Waals surface area contributed by atoms with E-state index in [9.17, 15) is 5.11 Å². The van der Waals surface area contributed by atoms with Gasteiger partial charge in [0, 0.05) is 18.0 Å². The van der Waals surface area contributed by atoms with Gasteiger partial charge in [0.1, 0.15) is 0 Å². The highest BCUT2D eigenvalue weighted by Gasteiger charge is 2.23. The molecule has 0 bridgehead atoms. The third-order valence-corrected chi connectivity index (χ3v) is 4.04. The van der Waals surface area contributed by atoms with Crippen LogP contribution in [0.15, 0.2) is 17.5 Å². The van der Waals surface area contributed by atoms with Crippen molar-refractivity contribution in [3.05, 3.63) is 22.4 Å². The fourth-order valence-electron chi connectivity index (χ4n) is 2.25. The quantitative estimate of drug-likeness (QED) is 0.853. The van der Waals surface area contributed by atoms with Crippen molar-refractivity contribution in [1.82, 2.24) is 4.90 Å². The first-order valence-electron chi connectivity index (χ1n) is 5.68. The molecule has 1 fully saturated rings. The summed E-state index contributed by atoms with van der Waals surface area (Å²) in [4.78, 5) is 3.90. The molecule has 1 aliphatic rings. The van der Waals surface area contributed by atoms with E-state index < -0.39 is 0 Å². The molecule has 2 rings (SSSR count). The number of likely N-dealkylation sites (tertiary alicyclic amines) is 1. The molecule has 1 N–H and O–H groups in total. The van der Waals surface area contributed by atoms with Gasteiger partial charge in [-0.25, -0.2) is 0 Å². The minimum absolute atomic E-state index is 0.156. The first kappa shape index (κ1) is 11.1. The van der Waals surface area contributed by atoms with Gasteiger partial charge in [0.15, 0.2) is 0 Å². The largest absolute Gasteiger partial charge is 0.393 e. The van der Waals surface area contributed by atoms with Gasteiger partial charge in [-0.15, -0.1) is 11.3 Å². The first-order valence-corrected chi connectivity index (χ1v) is 6.56. The molecule has 1 saturated heterocycles. The molecule has 0 aliphatic carbocycles. The number of nitrogens with zero attached hydrogens (tertiary/aromatic N) is 1. The van der Waals surface area contributed by atoms with Crippen molar-refractivity contribution < 1.29 is 5.11 Å². The second-order valence-electron chi connectivity index (χ2n) is 4.46. The summed E-state index contributed by atoms with van der Waals surface area (Å²) >= 11 is 1.82. The Morgan fingerprint density at radius 3 is 3.20 bits per heavy atom. The Bertz CT molecular complexity index is 284. The van der Waals surface area contributed by atoms with E-state index in [2.05, 4.69) is 22.4 Å². The minimum Gasteiger partial charge on any atom is -0.393 e. The van der Waals surface area contributed by atoms with Crippen molar-refractivity contribution in [3.63, 3.8) is 0 Å². The van der Waals surface area contributed by atoms with Gasteiger partial charge in [0.2, 0.25) is 0 Å². The van der Waals surface area contributed by atoms with Crippen LogP contribution < -0.4 is 0 Å². The van der Waals surface area contributed by atoms with E-state index in [1.165, 1.54) is 24.3 Å². The van der Waals surface area contributed by atoms with Crippen molar-refractivity contribution in [2.75, 3.05) is 13.1 Å². The first-order chi connectivity index (χ1) is 7.25. The van der Waals surface area contributed by atoms with Gasteiger partial charge in [-0.2, -0.15) is 0 Å². The molecular weight excluding hydrogens is 206 g/mol. The van der Waals surface area contributed by atoms with Gasteiger partial charge >= 0.3 is 0 Å². The molecule has 0 spiro atoms. The molecule has 84 valence electrons. The number of hydrogen-bond donors (Lipinski definition) is 1. The van der Waals surface area contributed by atoms with Crippen LogP contribution in [0.3, 0.4) is 0 Å². The predicted molar refractivity (Wildman–Crippen MR) is 64.0 cm³/mol. The van der Waals surface area contributed by atoms with Crippen LogP contribution in [0.1, 0.15) is 24.6 Å². The van der Waals surface area contributed by atoms with Gasteiger partial charge in [-0.3, -0.25) is 4.90 Å². The van der Waals surface area contributed by atoms with Crippen molar-refractivity contribution in [1.29, 1.82) is 0 Å². The van der Waals surface area contributed by atoms with Gasteiger partial charge in [-0.05, 0) is 43.7 Å². The Labute approximate surface area is 95.5 Å². The smallest absolute Gasteiger partial charge is 0.0552 e. The number of aliphatic hydroxyl groups is 1. The summed E-state index contributed by atoms with van der Waals surface area (Å²) in [5.74, 6) is 0.471. The number of thiophene rings is 1. The number of aliphatic hydroxyl groups excluding tert-OH is 1. The summed E-state index contributed by atoms with van der Waals surface area (Å²) in [6.45, 7) is 5.21. The van der Waals surface area contributed by atoms with Gasteiger partial charge in [0.05, 0.1) is 6.10 Å². The Morgan fingerprint density at radius 1 is 1.67 bits per heavy atom. The average Bonchev–Trinajstić information content (AvgIpc) is 2.71. The molecule has 2 nitrogen and oxygen atoms in total. The lowest BCUT2D eigenvalue weighted by Gasteiger charge is -2.33. The summed E-state index contributed by atoms with van der Waals surface area (Å²) in [5, 5.41) is 11.7. The highest BCUT2D eigenvalue weighted by molar-refractivity contribution is 7.09. The van der Waals surface area contributed by atoms with Gasteiger partial charge < -0.3 is 5.11 Å². The van der Waals surface area contributed by atoms with E-state index >= 15 is 0 Å². The van der Waals surface area contributed by atoms with Gasteiger partial charge in [-0.1, -0.05) is 6.07 Å². The van der Waals surface area contributed by atoms with Crippen LogP contribution in [-0.2, 0) is 6.54 Å². The molecule has 2 atom stereocenters. The lowest BCUT2D eigenvalue weighted by atomic mass is 9.93. The molecule has 3 heteroatoms. The van der Waals surface area contributed by atoms with Crippen molar-refractivity contribution >= 4 is 11.3 Å². The number of hydrogen-bond acceptors (Lipinski definition) is 3. The highest BCUT2D eigenvalue weighted by atomic mass is 32.1. The molecule has 1 aliphatic heterocycles. The van der Waals surface area contributed by atoms with E-state index in [-0.39, 0.29) is 6.10 Å². The molecular formula is C12H19NOS. The lowest BCUT2D eigenvalue weighted by Crippen LogP contribution is -2.38. The van der Waals surface area contributed by atoms with Crippen LogP contribution in [0.5, 0.6) is 0 Å². The Morgan fingerprint density at radius 2 is 2.53 bits per heavy atom. The van der Waals surface area contributed by atoms with E-state index in [4.69, 9.17) is 0 Å². The molecule has 0 radical (unpaired) electrons.